The van der Waals surface area contributed by atoms with E-state index < -0.39 is 11.7 Å². The fourth-order valence-corrected chi connectivity index (χ4v) is 2.78. The molecule has 1 saturated carbocycles. The van der Waals surface area contributed by atoms with E-state index in [1.165, 1.54) is 0 Å². The van der Waals surface area contributed by atoms with Gasteiger partial charge in [0.15, 0.2) is 0 Å². The molecule has 3 N–H and O–H groups in total. The lowest BCUT2D eigenvalue weighted by atomic mass is 10.1. The van der Waals surface area contributed by atoms with Crippen molar-refractivity contribution in [2.75, 3.05) is 17.2 Å². The second kappa shape index (κ2) is 8.69. The second-order valence-electron chi connectivity index (χ2n) is 7.46. The predicted molar refractivity (Wildman–Crippen MR) is 99.9 cm³/mol. The van der Waals surface area contributed by atoms with Gasteiger partial charge in [-0.1, -0.05) is 18.9 Å². The van der Waals surface area contributed by atoms with E-state index in [2.05, 4.69) is 16.0 Å². The maximum Gasteiger partial charge on any atom is 0.408 e. The topological polar surface area (TPSA) is 96.5 Å². The van der Waals surface area contributed by atoms with E-state index in [0.29, 0.717) is 11.4 Å². The number of nitrogens with one attached hydrogen (secondary N) is 3. The zero-order chi connectivity index (χ0) is 19.2. The zero-order valence-electron chi connectivity index (χ0n) is 15.6. The molecular formula is C19H27N3O4. The molecule has 142 valence electrons. The lowest BCUT2D eigenvalue weighted by molar-refractivity contribution is -0.119. The van der Waals surface area contributed by atoms with Crippen LogP contribution in [0.2, 0.25) is 0 Å². The molecule has 1 aliphatic rings. The minimum absolute atomic E-state index is 0.0255. The minimum Gasteiger partial charge on any atom is -0.444 e. The molecule has 0 spiro atoms. The fraction of sp³-hybridized carbons (Fsp3) is 0.526. The highest BCUT2D eigenvalue weighted by molar-refractivity contribution is 5.96. The quantitative estimate of drug-likeness (QED) is 0.750. The van der Waals surface area contributed by atoms with Crippen LogP contribution < -0.4 is 16.0 Å². The van der Waals surface area contributed by atoms with Crippen molar-refractivity contribution in [1.29, 1.82) is 0 Å². The second-order valence-corrected chi connectivity index (χ2v) is 7.46. The molecule has 0 saturated heterocycles. The minimum atomic E-state index is -0.648. The molecule has 3 amide bonds. The number of hydrogen-bond acceptors (Lipinski definition) is 4. The number of anilines is 2. The zero-order valence-corrected chi connectivity index (χ0v) is 15.6. The summed E-state index contributed by atoms with van der Waals surface area (Å²) in [5, 5.41) is 7.98. The summed E-state index contributed by atoms with van der Waals surface area (Å²) in [6.07, 6.45) is 3.40. The Kier molecular flexibility index (Phi) is 6.60. The van der Waals surface area contributed by atoms with Crippen LogP contribution in [0.25, 0.3) is 0 Å². The molecule has 0 unspecified atom stereocenters. The van der Waals surface area contributed by atoms with E-state index in [1.807, 2.05) is 0 Å². The van der Waals surface area contributed by atoms with Gasteiger partial charge >= 0.3 is 6.09 Å². The fourth-order valence-electron chi connectivity index (χ4n) is 2.78. The summed E-state index contributed by atoms with van der Waals surface area (Å²) >= 11 is 0. The van der Waals surface area contributed by atoms with E-state index in [0.717, 1.165) is 25.7 Å². The van der Waals surface area contributed by atoms with Crippen molar-refractivity contribution in [2.45, 2.75) is 52.1 Å². The van der Waals surface area contributed by atoms with Crippen molar-refractivity contribution < 1.29 is 19.1 Å². The van der Waals surface area contributed by atoms with Crippen molar-refractivity contribution in [2.24, 2.45) is 5.92 Å². The first-order valence-electron chi connectivity index (χ1n) is 8.90. The van der Waals surface area contributed by atoms with Crippen LogP contribution in [0.1, 0.15) is 46.5 Å². The van der Waals surface area contributed by atoms with E-state index in [1.54, 1.807) is 45.0 Å². The molecule has 7 heteroatoms. The maximum atomic E-state index is 12.2. The van der Waals surface area contributed by atoms with Crippen LogP contribution in [-0.4, -0.2) is 30.1 Å². The van der Waals surface area contributed by atoms with Gasteiger partial charge < -0.3 is 20.7 Å². The van der Waals surface area contributed by atoms with Crippen LogP contribution in [0.3, 0.4) is 0 Å². The molecule has 0 bridgehead atoms. The largest absolute Gasteiger partial charge is 0.444 e. The van der Waals surface area contributed by atoms with Gasteiger partial charge in [0.2, 0.25) is 11.8 Å². The maximum absolute atomic E-state index is 12.2. The van der Waals surface area contributed by atoms with Crippen LogP contribution in [0.5, 0.6) is 0 Å². The van der Waals surface area contributed by atoms with Gasteiger partial charge in [-0.15, -0.1) is 0 Å². The molecule has 26 heavy (non-hydrogen) atoms. The Morgan fingerprint density at radius 2 is 1.69 bits per heavy atom. The van der Waals surface area contributed by atoms with E-state index in [-0.39, 0.29) is 24.3 Å². The summed E-state index contributed by atoms with van der Waals surface area (Å²) in [5.41, 5.74) is 0.567. The Hall–Kier alpha value is -2.57. The number of rotatable bonds is 5. The first-order chi connectivity index (χ1) is 12.2. The highest BCUT2D eigenvalue weighted by atomic mass is 16.6. The first kappa shape index (κ1) is 19.8. The number of carbonyl (C=O) groups is 3. The van der Waals surface area contributed by atoms with E-state index in [9.17, 15) is 14.4 Å². The van der Waals surface area contributed by atoms with Crippen molar-refractivity contribution in [3.63, 3.8) is 0 Å². The third-order valence-electron chi connectivity index (χ3n) is 3.93. The van der Waals surface area contributed by atoms with Crippen LogP contribution >= 0.6 is 0 Å². The molecule has 0 aliphatic heterocycles. The number of benzene rings is 1. The summed E-state index contributed by atoms with van der Waals surface area (Å²) in [4.78, 5) is 35.7. The standard InChI is InChI=1S/C19H27N3O4/c1-19(2,3)26-18(25)20-12-16(23)21-14-9-6-10-15(11-14)22-17(24)13-7-4-5-8-13/h6,9-11,13H,4-5,7-8,12H2,1-3H3,(H,20,25)(H,21,23)(H,22,24). The Bertz CT molecular complexity index is 661. The van der Waals surface area contributed by atoms with Gasteiger partial charge in [0.1, 0.15) is 12.1 Å². The summed E-state index contributed by atoms with van der Waals surface area (Å²) in [7, 11) is 0. The van der Waals surface area contributed by atoms with E-state index in [4.69, 9.17) is 4.74 Å². The normalized spacial score (nSPS) is 14.6. The number of ether oxygens (including phenoxy) is 1. The molecule has 0 heterocycles. The van der Waals surface area contributed by atoms with Gasteiger partial charge in [-0.05, 0) is 51.8 Å². The lowest BCUT2D eigenvalue weighted by Crippen LogP contribution is -2.37. The van der Waals surface area contributed by atoms with E-state index >= 15 is 0 Å². The molecule has 0 radical (unpaired) electrons. The Morgan fingerprint density at radius 1 is 1.08 bits per heavy atom. The first-order valence-corrected chi connectivity index (χ1v) is 8.90. The molecule has 2 rings (SSSR count). The Morgan fingerprint density at radius 3 is 2.31 bits per heavy atom. The van der Waals surface area contributed by atoms with Crippen LogP contribution in [0, 0.1) is 5.92 Å². The van der Waals surface area contributed by atoms with Crippen molar-refractivity contribution in [1.82, 2.24) is 5.32 Å². The number of hydrogen-bond donors (Lipinski definition) is 3. The smallest absolute Gasteiger partial charge is 0.408 e. The Balaban J connectivity index is 1.82. The summed E-state index contributed by atoms with van der Waals surface area (Å²) < 4.78 is 5.07. The number of alkyl carbamates (subject to hydrolysis) is 1. The molecule has 1 aliphatic carbocycles. The third-order valence-corrected chi connectivity index (χ3v) is 3.93. The van der Waals surface area contributed by atoms with Gasteiger partial charge in [-0.3, -0.25) is 9.59 Å². The van der Waals surface area contributed by atoms with Gasteiger partial charge in [0.25, 0.3) is 0 Å². The summed E-state index contributed by atoms with van der Waals surface area (Å²) in [6.45, 7) is 5.04. The van der Waals surface area contributed by atoms with Crippen LogP contribution in [-0.2, 0) is 14.3 Å². The van der Waals surface area contributed by atoms with Crippen LogP contribution in [0.4, 0.5) is 16.2 Å². The van der Waals surface area contributed by atoms with Crippen molar-refractivity contribution >= 4 is 29.3 Å². The molecule has 1 aromatic rings. The van der Waals surface area contributed by atoms with Gasteiger partial charge in [0.05, 0.1) is 0 Å². The SMILES string of the molecule is CC(C)(C)OC(=O)NCC(=O)Nc1cccc(NC(=O)C2CCCC2)c1. The number of carbonyl (C=O) groups excluding carboxylic acids is 3. The molecule has 0 atom stereocenters. The Labute approximate surface area is 153 Å². The highest BCUT2D eigenvalue weighted by Gasteiger charge is 2.22. The monoisotopic (exact) mass is 361 g/mol. The number of amides is 3. The average molecular weight is 361 g/mol. The molecule has 1 fully saturated rings. The summed E-state index contributed by atoms with van der Waals surface area (Å²) in [5.74, 6) is -0.279. The highest BCUT2D eigenvalue weighted by Crippen LogP contribution is 2.26. The van der Waals surface area contributed by atoms with Crippen molar-refractivity contribution in [3.8, 4) is 0 Å². The van der Waals surface area contributed by atoms with Gasteiger partial charge in [-0.25, -0.2) is 4.79 Å². The lowest BCUT2D eigenvalue weighted by Gasteiger charge is -2.19. The van der Waals surface area contributed by atoms with Crippen LogP contribution in [0.15, 0.2) is 24.3 Å². The van der Waals surface area contributed by atoms with Gasteiger partial charge in [-0.2, -0.15) is 0 Å². The molecule has 1 aromatic carbocycles. The third kappa shape index (κ3) is 6.74. The molecule has 0 aromatic heterocycles. The average Bonchev–Trinajstić information content (AvgIpc) is 3.06. The summed E-state index contributed by atoms with van der Waals surface area (Å²) in [6, 6.07) is 6.94. The molecule has 7 nitrogen and oxygen atoms in total. The molecular weight excluding hydrogens is 334 g/mol. The predicted octanol–water partition coefficient (Wildman–Crippen LogP) is 3.28. The van der Waals surface area contributed by atoms with Crippen molar-refractivity contribution in [3.05, 3.63) is 24.3 Å². The van der Waals surface area contributed by atoms with Gasteiger partial charge in [0, 0.05) is 17.3 Å².